The highest BCUT2D eigenvalue weighted by Gasteiger charge is 2.33. The van der Waals surface area contributed by atoms with Gasteiger partial charge >= 0.3 is 0 Å². The summed E-state index contributed by atoms with van der Waals surface area (Å²) in [6.45, 7) is 10.7. The Morgan fingerprint density at radius 2 is 2.08 bits per heavy atom. The number of aryl methyl sites for hydroxylation is 2. The molecule has 10 nitrogen and oxygen atoms in total. The maximum Gasteiger partial charge on any atom is 0.253 e. The number of anilines is 1. The number of aromatic amines is 1. The molecule has 2 aromatic rings. The summed E-state index contributed by atoms with van der Waals surface area (Å²) in [5.74, 6) is 1.10. The number of aliphatic imine (C=N–C) groups is 1. The number of nitrogens with two attached hydrogens (primary N) is 1. The lowest BCUT2D eigenvalue weighted by molar-refractivity contribution is -0.140. The summed E-state index contributed by atoms with van der Waals surface area (Å²) in [7, 11) is 2.02. The Hall–Kier alpha value is -3.79. The number of hydrogen-bond acceptors (Lipinski definition) is 7. The van der Waals surface area contributed by atoms with Gasteiger partial charge in [0.2, 0.25) is 5.91 Å². The number of H-pyrrole nitrogens is 1. The van der Waals surface area contributed by atoms with Crippen LogP contribution in [-0.4, -0.2) is 77.0 Å². The number of likely N-dealkylation sites (tertiary alicyclic amines) is 1. The van der Waals surface area contributed by atoms with E-state index in [4.69, 9.17) is 16.1 Å². The van der Waals surface area contributed by atoms with Gasteiger partial charge in [0.25, 0.3) is 5.56 Å². The number of amides is 1. The quantitative estimate of drug-likeness (QED) is 0.312. The summed E-state index contributed by atoms with van der Waals surface area (Å²) in [5.41, 5.74) is 11.4. The number of carbonyl (C=O) groups is 1. The second-order valence-corrected chi connectivity index (χ2v) is 10.6. The predicted molar refractivity (Wildman–Crippen MR) is 152 cm³/mol. The third-order valence-corrected chi connectivity index (χ3v) is 7.07. The van der Waals surface area contributed by atoms with Crippen molar-refractivity contribution in [3.63, 3.8) is 0 Å². The van der Waals surface area contributed by atoms with Crippen LogP contribution in [0.1, 0.15) is 53.9 Å². The van der Waals surface area contributed by atoms with Crippen molar-refractivity contribution in [1.29, 1.82) is 5.41 Å². The van der Waals surface area contributed by atoms with Gasteiger partial charge < -0.3 is 31.2 Å². The van der Waals surface area contributed by atoms with Crippen LogP contribution in [-0.2, 0) is 11.3 Å². The predicted octanol–water partition coefficient (Wildman–Crippen LogP) is 2.29. The molecule has 38 heavy (non-hydrogen) atoms. The molecule has 4 rings (SSSR count). The van der Waals surface area contributed by atoms with E-state index in [0.717, 1.165) is 35.6 Å². The first-order valence-corrected chi connectivity index (χ1v) is 13.1. The van der Waals surface area contributed by atoms with Crippen LogP contribution in [0.2, 0.25) is 0 Å². The molecular formula is C28H38N8O2. The van der Waals surface area contributed by atoms with Crippen molar-refractivity contribution in [3.05, 3.63) is 62.2 Å². The largest absolute Gasteiger partial charge is 0.383 e. The van der Waals surface area contributed by atoms with Gasteiger partial charge in [0.1, 0.15) is 11.7 Å². The van der Waals surface area contributed by atoms with E-state index in [9.17, 15) is 9.59 Å². The third-order valence-electron chi connectivity index (χ3n) is 7.07. The van der Waals surface area contributed by atoms with Crippen LogP contribution in [0.15, 0.2) is 28.0 Å². The summed E-state index contributed by atoms with van der Waals surface area (Å²) >= 11 is 0. The Kier molecular flexibility index (Phi) is 8.11. The van der Waals surface area contributed by atoms with E-state index < -0.39 is 0 Å². The van der Waals surface area contributed by atoms with E-state index in [0.29, 0.717) is 42.0 Å². The van der Waals surface area contributed by atoms with Crippen molar-refractivity contribution in [3.8, 4) is 0 Å². The van der Waals surface area contributed by atoms with Gasteiger partial charge in [0, 0.05) is 60.8 Å². The number of pyridine rings is 2. The van der Waals surface area contributed by atoms with Crippen LogP contribution < -0.4 is 16.6 Å². The molecule has 0 bridgehead atoms. The van der Waals surface area contributed by atoms with Crippen molar-refractivity contribution in [2.24, 2.45) is 16.6 Å². The standard InChI is InChI=1S/C28H38N8O2/c1-16(2)32-26-22(12-29)21(25(30)31-13-23-17(3)10-18(4)33-27(23)37)11-24(34-26)19-6-8-36(9-7-19)28(38)20-14-35(5)15-20/h6,10-12,16,20,29H,7-9,13-15H2,1-5H3,(H2,30,31)(H,32,34)(H,33,37). The van der Waals surface area contributed by atoms with Crippen molar-refractivity contribution in [2.75, 3.05) is 38.5 Å². The molecule has 0 spiro atoms. The molecule has 1 fully saturated rings. The monoisotopic (exact) mass is 518 g/mol. The maximum atomic E-state index is 12.8. The summed E-state index contributed by atoms with van der Waals surface area (Å²) in [6.07, 6.45) is 3.97. The molecule has 1 amide bonds. The topological polar surface area (TPSA) is 144 Å². The van der Waals surface area contributed by atoms with Gasteiger partial charge in [0.15, 0.2) is 0 Å². The van der Waals surface area contributed by atoms with Crippen molar-refractivity contribution >= 4 is 29.3 Å². The summed E-state index contributed by atoms with van der Waals surface area (Å²) < 4.78 is 0. The zero-order chi connectivity index (χ0) is 27.6. The summed E-state index contributed by atoms with van der Waals surface area (Å²) in [6, 6.07) is 3.86. The highest BCUT2D eigenvalue weighted by molar-refractivity contribution is 6.07. The molecular weight excluding hydrogens is 480 g/mol. The lowest BCUT2D eigenvalue weighted by Gasteiger charge is -2.39. The Morgan fingerprint density at radius 1 is 1.34 bits per heavy atom. The maximum absolute atomic E-state index is 12.8. The minimum Gasteiger partial charge on any atom is -0.383 e. The first-order chi connectivity index (χ1) is 18.1. The van der Waals surface area contributed by atoms with E-state index in [1.807, 2.05) is 51.8 Å². The highest BCUT2D eigenvalue weighted by atomic mass is 16.2. The zero-order valence-corrected chi connectivity index (χ0v) is 22.9. The molecule has 0 radical (unpaired) electrons. The minimum atomic E-state index is -0.177. The fraction of sp³-hybridized carbons (Fsp3) is 0.464. The van der Waals surface area contributed by atoms with E-state index in [1.54, 1.807) is 0 Å². The van der Waals surface area contributed by atoms with E-state index in [2.05, 4.69) is 26.3 Å². The lowest BCUT2D eigenvalue weighted by atomic mass is 9.96. The number of hydrogen-bond donors (Lipinski definition) is 4. The molecule has 202 valence electrons. The van der Waals surface area contributed by atoms with Gasteiger partial charge in [0.05, 0.1) is 18.2 Å². The van der Waals surface area contributed by atoms with Crippen LogP contribution in [0.25, 0.3) is 5.57 Å². The summed E-state index contributed by atoms with van der Waals surface area (Å²) in [5, 5.41) is 11.4. The van der Waals surface area contributed by atoms with E-state index in [1.165, 1.54) is 6.21 Å². The first kappa shape index (κ1) is 27.3. The van der Waals surface area contributed by atoms with Gasteiger partial charge in [-0.2, -0.15) is 0 Å². The minimum absolute atomic E-state index is 0.0882. The van der Waals surface area contributed by atoms with Gasteiger partial charge in [-0.05, 0) is 64.4 Å². The lowest BCUT2D eigenvalue weighted by Crippen LogP contribution is -2.53. The second-order valence-electron chi connectivity index (χ2n) is 10.6. The van der Waals surface area contributed by atoms with Crippen molar-refractivity contribution in [1.82, 2.24) is 19.8 Å². The molecule has 2 aliphatic heterocycles. The average molecular weight is 519 g/mol. The van der Waals surface area contributed by atoms with E-state index >= 15 is 0 Å². The Labute approximate surface area is 223 Å². The molecule has 0 saturated carbocycles. The molecule has 0 aliphatic carbocycles. The number of aromatic nitrogens is 2. The molecule has 4 heterocycles. The third kappa shape index (κ3) is 5.85. The fourth-order valence-electron chi connectivity index (χ4n) is 5.00. The Bertz CT molecular complexity index is 1350. The summed E-state index contributed by atoms with van der Waals surface area (Å²) in [4.78, 5) is 41.5. The van der Waals surface area contributed by atoms with Gasteiger partial charge in [-0.3, -0.25) is 14.6 Å². The SMILES string of the molecule is Cc1cc(C)c(CN=C(N)c2cc(C3=CCN(C(=O)C4CN(C)C4)CC3)nc(NC(C)C)c2C=N)c(=O)[nH]1. The van der Waals surface area contributed by atoms with Crippen LogP contribution in [0.5, 0.6) is 0 Å². The fourth-order valence-corrected chi connectivity index (χ4v) is 5.00. The number of nitrogens with zero attached hydrogens (tertiary/aromatic N) is 4. The zero-order valence-electron chi connectivity index (χ0n) is 22.9. The average Bonchev–Trinajstić information content (AvgIpc) is 2.85. The molecule has 2 aromatic heterocycles. The van der Waals surface area contributed by atoms with Crippen LogP contribution in [0.3, 0.4) is 0 Å². The van der Waals surface area contributed by atoms with Gasteiger partial charge in [-0.15, -0.1) is 0 Å². The van der Waals surface area contributed by atoms with Crippen molar-refractivity contribution < 1.29 is 4.79 Å². The number of amidine groups is 1. The normalized spacial score (nSPS) is 16.8. The van der Waals surface area contributed by atoms with Crippen LogP contribution in [0, 0.1) is 25.2 Å². The molecule has 10 heteroatoms. The second kappa shape index (κ2) is 11.3. The van der Waals surface area contributed by atoms with Crippen LogP contribution in [0.4, 0.5) is 5.82 Å². The van der Waals surface area contributed by atoms with Crippen molar-refractivity contribution in [2.45, 2.75) is 46.7 Å². The molecule has 1 saturated heterocycles. The van der Waals surface area contributed by atoms with Crippen LogP contribution >= 0.6 is 0 Å². The number of rotatable bonds is 8. The molecule has 2 aliphatic rings. The number of carbonyl (C=O) groups excluding carboxylic acids is 1. The molecule has 0 unspecified atom stereocenters. The van der Waals surface area contributed by atoms with Gasteiger partial charge in [-0.25, -0.2) is 4.98 Å². The smallest absolute Gasteiger partial charge is 0.253 e. The Balaban J connectivity index is 1.65. The molecule has 0 atom stereocenters. The first-order valence-electron chi connectivity index (χ1n) is 13.1. The Morgan fingerprint density at radius 3 is 2.66 bits per heavy atom. The van der Waals surface area contributed by atoms with Gasteiger partial charge in [-0.1, -0.05) is 6.08 Å². The van der Waals surface area contributed by atoms with E-state index in [-0.39, 0.29) is 35.8 Å². The number of nitrogens with one attached hydrogen (secondary N) is 3. The molecule has 5 N–H and O–H groups in total. The molecule has 0 aromatic carbocycles. The highest BCUT2D eigenvalue weighted by Crippen LogP contribution is 2.28.